The van der Waals surface area contributed by atoms with E-state index in [1.807, 2.05) is 0 Å². The van der Waals surface area contributed by atoms with Gasteiger partial charge in [-0.3, -0.25) is 0 Å². The third-order valence-electron chi connectivity index (χ3n) is 1.81. The summed E-state index contributed by atoms with van der Waals surface area (Å²) >= 11 is 0. The van der Waals surface area contributed by atoms with Gasteiger partial charge in [0.25, 0.3) is 0 Å². The van der Waals surface area contributed by atoms with Crippen LogP contribution in [0.5, 0.6) is 0 Å². The Morgan fingerprint density at radius 2 is 2.00 bits per heavy atom. The summed E-state index contributed by atoms with van der Waals surface area (Å²) in [5.74, 6) is -2.38. The lowest BCUT2D eigenvalue weighted by atomic mass is 10.1. The molecular weight excluding hydrogens is 228 g/mol. The van der Waals surface area contributed by atoms with Crippen molar-refractivity contribution in [1.29, 1.82) is 5.26 Å². The van der Waals surface area contributed by atoms with Crippen LogP contribution in [0.4, 0.5) is 8.78 Å². The van der Waals surface area contributed by atoms with Crippen molar-refractivity contribution in [2.75, 3.05) is 6.61 Å². The number of hydrogen-bond donors (Lipinski definition) is 0. The number of ether oxygens (including phenoxy) is 1. The van der Waals surface area contributed by atoms with Crippen LogP contribution in [0, 0.1) is 23.0 Å². The molecule has 5 heteroatoms. The molecule has 1 rings (SSSR count). The Hall–Kier alpha value is -2.22. The highest BCUT2D eigenvalue weighted by molar-refractivity contribution is 5.97. The lowest BCUT2D eigenvalue weighted by Crippen LogP contribution is -2.06. The third kappa shape index (κ3) is 3.68. The van der Waals surface area contributed by atoms with Crippen molar-refractivity contribution >= 4 is 12.0 Å². The normalized spacial score (nSPS) is 10.8. The predicted octanol–water partition coefficient (Wildman–Crippen LogP) is 2.43. The van der Waals surface area contributed by atoms with Gasteiger partial charge in [0.05, 0.1) is 6.61 Å². The van der Waals surface area contributed by atoms with Crippen LogP contribution in [0.25, 0.3) is 6.08 Å². The van der Waals surface area contributed by atoms with Gasteiger partial charge in [-0.05, 0) is 30.7 Å². The van der Waals surface area contributed by atoms with Crippen molar-refractivity contribution < 1.29 is 18.3 Å². The summed E-state index contributed by atoms with van der Waals surface area (Å²) in [6.45, 7) is 1.71. The zero-order valence-electron chi connectivity index (χ0n) is 9.04. The number of carbonyl (C=O) groups excluding carboxylic acids is 1. The van der Waals surface area contributed by atoms with Gasteiger partial charge in [-0.15, -0.1) is 0 Å². The van der Waals surface area contributed by atoms with Gasteiger partial charge in [-0.1, -0.05) is 0 Å². The van der Waals surface area contributed by atoms with Gasteiger partial charge in [0, 0.05) is 6.07 Å². The van der Waals surface area contributed by atoms with E-state index in [4.69, 9.17) is 5.26 Å². The van der Waals surface area contributed by atoms with E-state index < -0.39 is 17.6 Å². The van der Waals surface area contributed by atoms with E-state index in [-0.39, 0.29) is 17.7 Å². The highest BCUT2D eigenvalue weighted by Gasteiger charge is 2.10. The highest BCUT2D eigenvalue weighted by Crippen LogP contribution is 2.12. The average molecular weight is 237 g/mol. The summed E-state index contributed by atoms with van der Waals surface area (Å²) in [4.78, 5) is 11.2. The van der Waals surface area contributed by atoms with Gasteiger partial charge in [0.1, 0.15) is 23.3 Å². The number of rotatable bonds is 3. The Kier molecular flexibility index (Phi) is 4.35. The van der Waals surface area contributed by atoms with Crippen LogP contribution in [0.15, 0.2) is 23.8 Å². The molecule has 3 nitrogen and oxygen atoms in total. The maximum absolute atomic E-state index is 12.9. The predicted molar refractivity (Wildman–Crippen MR) is 56.6 cm³/mol. The SMILES string of the molecule is CCOC(=O)/C(C#N)=C\c1cc(F)cc(F)c1. The molecule has 17 heavy (non-hydrogen) atoms. The Balaban J connectivity index is 3.07. The smallest absolute Gasteiger partial charge is 0.348 e. The number of carbonyl (C=O) groups is 1. The fourth-order valence-electron chi connectivity index (χ4n) is 1.17. The standard InChI is InChI=1S/C12H9F2NO2/c1-2-17-12(16)9(7-15)3-8-4-10(13)6-11(14)5-8/h3-6H,2H2,1H3/b9-3-. The van der Waals surface area contributed by atoms with Gasteiger partial charge < -0.3 is 4.74 Å². The molecule has 0 aliphatic heterocycles. The summed E-state index contributed by atoms with van der Waals surface area (Å²) in [6, 6.07) is 4.34. The van der Waals surface area contributed by atoms with Crippen LogP contribution in [0.1, 0.15) is 12.5 Å². The third-order valence-corrected chi connectivity index (χ3v) is 1.81. The van der Waals surface area contributed by atoms with Crippen LogP contribution >= 0.6 is 0 Å². The number of nitrogens with zero attached hydrogens (tertiary/aromatic N) is 1. The molecule has 0 aliphatic rings. The molecule has 88 valence electrons. The van der Waals surface area contributed by atoms with Gasteiger partial charge in [-0.25, -0.2) is 13.6 Å². The first-order valence-corrected chi connectivity index (χ1v) is 4.82. The minimum atomic E-state index is -0.820. The Labute approximate surface area is 96.9 Å². The molecule has 0 aromatic heterocycles. The largest absolute Gasteiger partial charge is 0.462 e. The molecule has 1 aromatic carbocycles. The number of hydrogen-bond acceptors (Lipinski definition) is 3. The second-order valence-corrected chi connectivity index (χ2v) is 3.09. The number of esters is 1. The van der Waals surface area contributed by atoms with E-state index >= 15 is 0 Å². The molecule has 1 aromatic rings. The van der Waals surface area contributed by atoms with E-state index in [2.05, 4.69) is 4.74 Å². The molecule has 0 saturated carbocycles. The highest BCUT2D eigenvalue weighted by atomic mass is 19.1. The van der Waals surface area contributed by atoms with E-state index in [0.29, 0.717) is 6.07 Å². The number of halogens is 2. The van der Waals surface area contributed by atoms with Gasteiger partial charge in [-0.2, -0.15) is 5.26 Å². The Bertz CT molecular complexity index is 483. The van der Waals surface area contributed by atoms with Crippen LogP contribution in [0.3, 0.4) is 0 Å². The first-order chi connectivity index (χ1) is 8.06. The summed E-state index contributed by atoms with van der Waals surface area (Å²) in [5, 5.41) is 8.72. The quantitative estimate of drug-likeness (QED) is 0.461. The molecule has 0 unspecified atom stereocenters. The topological polar surface area (TPSA) is 50.1 Å². The maximum Gasteiger partial charge on any atom is 0.348 e. The second-order valence-electron chi connectivity index (χ2n) is 3.09. The molecule has 0 spiro atoms. The maximum atomic E-state index is 12.9. The first kappa shape index (κ1) is 12.8. The molecule has 0 N–H and O–H groups in total. The van der Waals surface area contributed by atoms with Gasteiger partial charge in [0.2, 0.25) is 0 Å². The first-order valence-electron chi connectivity index (χ1n) is 4.82. The van der Waals surface area contributed by atoms with Crippen molar-refractivity contribution in [3.63, 3.8) is 0 Å². The van der Waals surface area contributed by atoms with Crippen molar-refractivity contribution in [2.24, 2.45) is 0 Å². The molecule has 0 radical (unpaired) electrons. The summed E-state index contributed by atoms with van der Waals surface area (Å²) in [7, 11) is 0. The minimum Gasteiger partial charge on any atom is -0.462 e. The molecule has 0 heterocycles. The molecule has 0 fully saturated rings. The van der Waals surface area contributed by atoms with Crippen LogP contribution in [0.2, 0.25) is 0 Å². The number of benzene rings is 1. The van der Waals surface area contributed by atoms with E-state index in [0.717, 1.165) is 18.2 Å². The second kappa shape index (κ2) is 5.75. The minimum absolute atomic E-state index is 0.0899. The Morgan fingerprint density at radius 1 is 1.41 bits per heavy atom. The molecule has 0 atom stereocenters. The molecule has 0 bridgehead atoms. The lowest BCUT2D eigenvalue weighted by Gasteiger charge is -2.00. The fourth-order valence-corrected chi connectivity index (χ4v) is 1.17. The zero-order valence-corrected chi connectivity index (χ0v) is 9.04. The van der Waals surface area contributed by atoms with Crippen LogP contribution in [-0.4, -0.2) is 12.6 Å². The van der Waals surface area contributed by atoms with Crippen molar-refractivity contribution in [2.45, 2.75) is 6.92 Å². The van der Waals surface area contributed by atoms with E-state index in [1.165, 1.54) is 0 Å². The van der Waals surface area contributed by atoms with E-state index in [1.54, 1.807) is 13.0 Å². The zero-order chi connectivity index (χ0) is 12.8. The average Bonchev–Trinajstić information content (AvgIpc) is 2.24. The Morgan fingerprint density at radius 3 is 2.47 bits per heavy atom. The summed E-state index contributed by atoms with van der Waals surface area (Å²) in [6.07, 6.45) is 1.07. The lowest BCUT2D eigenvalue weighted by molar-refractivity contribution is -0.137. The summed E-state index contributed by atoms with van der Waals surface area (Å²) < 4.78 is 30.3. The fraction of sp³-hybridized carbons (Fsp3) is 0.167. The van der Waals surface area contributed by atoms with Crippen LogP contribution in [-0.2, 0) is 9.53 Å². The van der Waals surface area contributed by atoms with Gasteiger partial charge in [0.15, 0.2) is 0 Å². The molecule has 0 aliphatic carbocycles. The molecule has 0 amide bonds. The van der Waals surface area contributed by atoms with Gasteiger partial charge >= 0.3 is 5.97 Å². The van der Waals surface area contributed by atoms with E-state index in [9.17, 15) is 13.6 Å². The summed E-state index contributed by atoms with van der Waals surface area (Å²) in [5.41, 5.74) is -0.219. The van der Waals surface area contributed by atoms with Crippen molar-refractivity contribution in [1.82, 2.24) is 0 Å². The van der Waals surface area contributed by atoms with Crippen molar-refractivity contribution in [3.8, 4) is 6.07 Å². The van der Waals surface area contributed by atoms with Crippen LogP contribution < -0.4 is 0 Å². The molecular formula is C12H9F2NO2. The van der Waals surface area contributed by atoms with Crippen molar-refractivity contribution in [3.05, 3.63) is 41.0 Å². The molecule has 0 saturated heterocycles. The monoisotopic (exact) mass is 237 g/mol. The number of nitriles is 1.